The van der Waals surface area contributed by atoms with Crippen LogP contribution in [0.2, 0.25) is 0 Å². The van der Waals surface area contributed by atoms with E-state index in [0.717, 1.165) is 81.2 Å². The number of hydrogen-bond acceptors (Lipinski definition) is 11. The van der Waals surface area contributed by atoms with Crippen molar-refractivity contribution in [2.75, 3.05) is 55.6 Å². The van der Waals surface area contributed by atoms with Gasteiger partial charge < -0.3 is 25.2 Å². The smallest absolute Gasteiger partial charge is 0.272 e. The molecule has 1 unspecified atom stereocenters. The highest BCUT2D eigenvalue weighted by molar-refractivity contribution is 6.03. The zero-order chi connectivity index (χ0) is 41.4. The van der Waals surface area contributed by atoms with Crippen LogP contribution < -0.4 is 30.5 Å². The van der Waals surface area contributed by atoms with E-state index in [1.54, 1.807) is 6.20 Å². The van der Waals surface area contributed by atoms with E-state index in [1.807, 2.05) is 38.1 Å². The molecule has 3 N–H and O–H groups in total. The maximum atomic E-state index is 13.5. The van der Waals surface area contributed by atoms with E-state index in [1.165, 1.54) is 6.20 Å². The number of carbonyl (C=O) groups is 4. The molecule has 0 spiro atoms. The lowest BCUT2D eigenvalue weighted by Crippen LogP contribution is -2.74. The fraction of sp³-hybridized carbons (Fsp3) is 0.523. The predicted octanol–water partition coefficient (Wildman–Crippen LogP) is 4.15. The summed E-state index contributed by atoms with van der Waals surface area (Å²) >= 11 is 0. The van der Waals surface area contributed by atoms with Gasteiger partial charge in [-0.2, -0.15) is 5.26 Å². The van der Waals surface area contributed by atoms with Crippen LogP contribution in [0.1, 0.15) is 90.9 Å². The molecule has 3 saturated heterocycles. The molecule has 1 atom stereocenters. The molecule has 14 heteroatoms. The summed E-state index contributed by atoms with van der Waals surface area (Å²) in [7, 11) is 0. The van der Waals surface area contributed by atoms with Crippen LogP contribution in [0.3, 0.4) is 0 Å². The number of benzene rings is 2. The summed E-state index contributed by atoms with van der Waals surface area (Å²) in [6, 6.07) is 13.3. The van der Waals surface area contributed by atoms with Crippen molar-refractivity contribution in [3.05, 3.63) is 76.7 Å². The van der Waals surface area contributed by atoms with E-state index in [2.05, 4.69) is 86.5 Å². The summed E-state index contributed by atoms with van der Waals surface area (Å²) in [5.41, 5.74) is 3.77. The van der Waals surface area contributed by atoms with Crippen LogP contribution in [0.25, 0.3) is 0 Å². The van der Waals surface area contributed by atoms with E-state index in [9.17, 15) is 24.4 Å². The first-order chi connectivity index (χ1) is 27.6. The molecule has 2 aromatic carbocycles. The Morgan fingerprint density at radius 3 is 2.10 bits per heavy atom. The molecular formula is C44H55N9O5. The number of amides is 4. The fourth-order valence-corrected chi connectivity index (χ4v) is 9.71. The number of rotatable bonds is 10. The molecule has 1 aliphatic carbocycles. The van der Waals surface area contributed by atoms with Gasteiger partial charge in [0.2, 0.25) is 11.8 Å². The van der Waals surface area contributed by atoms with Crippen LogP contribution in [-0.2, 0) is 9.59 Å². The molecule has 7 rings (SSSR count). The zero-order valence-corrected chi connectivity index (χ0v) is 34.4. The standard InChI is InChI=1S/C44H55N9O5/c1-27-21-32(22-28(2)33(27)23-45)58-42-43(3,4)41(44(42,5)6)50-38(55)30-7-9-31(10-8-30)52-15-13-29(14-16-52)26-51-17-19-53(20-18-51)36-25-46-35(24-47-36)40(57)48-34-11-12-37(54)49-39(34)56/h7-10,21-22,24-25,29,34,41-42H,11-20,26H2,1-6H3,(H,48,57)(H,50,55)(H,49,54,56). The molecule has 306 valence electrons. The summed E-state index contributed by atoms with van der Waals surface area (Å²) in [6.45, 7) is 18.9. The Hall–Kier alpha value is -5.55. The monoisotopic (exact) mass is 789 g/mol. The van der Waals surface area contributed by atoms with Crippen LogP contribution >= 0.6 is 0 Å². The number of aryl methyl sites for hydroxylation is 2. The van der Waals surface area contributed by atoms with E-state index in [4.69, 9.17) is 4.74 Å². The third kappa shape index (κ3) is 8.36. The first kappa shape index (κ1) is 40.6. The van der Waals surface area contributed by atoms with E-state index in [-0.39, 0.29) is 53.3 Å². The van der Waals surface area contributed by atoms with Crippen molar-refractivity contribution in [1.29, 1.82) is 5.26 Å². The molecule has 0 radical (unpaired) electrons. The van der Waals surface area contributed by atoms with Crippen molar-refractivity contribution >= 4 is 35.1 Å². The van der Waals surface area contributed by atoms with Crippen LogP contribution in [0, 0.1) is 41.9 Å². The molecule has 4 amide bonds. The number of ether oxygens (including phenoxy) is 1. The Balaban J connectivity index is 0.837. The van der Waals surface area contributed by atoms with Crippen molar-refractivity contribution in [1.82, 2.24) is 30.8 Å². The van der Waals surface area contributed by atoms with Gasteiger partial charge in [-0.1, -0.05) is 27.7 Å². The minimum atomic E-state index is -0.758. The van der Waals surface area contributed by atoms with Crippen LogP contribution in [0.5, 0.6) is 5.75 Å². The number of piperidine rings is 2. The normalized spacial score (nSPS) is 23.3. The average Bonchev–Trinajstić information content (AvgIpc) is 3.20. The number of nitriles is 1. The highest BCUT2D eigenvalue weighted by Gasteiger charge is 2.64. The van der Waals surface area contributed by atoms with Crippen molar-refractivity contribution in [2.45, 2.75) is 85.4 Å². The number of anilines is 2. The molecule has 3 aromatic rings. The van der Waals surface area contributed by atoms with Crippen molar-refractivity contribution in [2.24, 2.45) is 16.7 Å². The second-order valence-electron chi connectivity index (χ2n) is 17.6. The Labute approximate surface area is 340 Å². The molecule has 3 aliphatic heterocycles. The highest BCUT2D eigenvalue weighted by Crippen LogP contribution is 2.55. The number of nitrogens with zero attached hydrogens (tertiary/aromatic N) is 6. The number of nitrogens with one attached hydrogen (secondary N) is 3. The summed E-state index contributed by atoms with van der Waals surface area (Å²) in [6.07, 6.45) is 5.58. The molecule has 4 fully saturated rings. The average molecular weight is 790 g/mol. The van der Waals surface area contributed by atoms with E-state index >= 15 is 0 Å². The fourth-order valence-electron chi connectivity index (χ4n) is 9.71. The minimum Gasteiger partial charge on any atom is -0.489 e. The highest BCUT2D eigenvalue weighted by atomic mass is 16.5. The molecule has 4 heterocycles. The number of aromatic nitrogens is 2. The molecule has 1 aromatic heterocycles. The van der Waals surface area contributed by atoms with Gasteiger partial charge >= 0.3 is 0 Å². The second kappa shape index (κ2) is 16.4. The number of piperazine rings is 1. The number of hydrogen-bond donors (Lipinski definition) is 3. The topological polar surface area (TPSA) is 173 Å². The van der Waals surface area contributed by atoms with E-state index < -0.39 is 17.9 Å². The predicted molar refractivity (Wildman–Crippen MR) is 220 cm³/mol. The van der Waals surface area contributed by atoms with Gasteiger partial charge in [-0.05, 0) is 86.6 Å². The van der Waals surface area contributed by atoms with Gasteiger partial charge in [-0.15, -0.1) is 0 Å². The molecule has 4 aliphatic rings. The SMILES string of the molecule is Cc1cc(OC2C(C)(C)C(NC(=O)c3ccc(N4CCC(CN5CCN(c6cnc(C(=O)NC7CCC(=O)NC7=O)cn6)CC5)CC4)cc3)C2(C)C)cc(C)c1C#N. The Morgan fingerprint density at radius 2 is 1.52 bits per heavy atom. The minimum absolute atomic E-state index is 0.0847. The zero-order valence-electron chi connectivity index (χ0n) is 34.4. The quantitative estimate of drug-likeness (QED) is 0.252. The summed E-state index contributed by atoms with van der Waals surface area (Å²) in [4.78, 5) is 65.4. The van der Waals surface area contributed by atoms with Crippen LogP contribution in [0.4, 0.5) is 11.5 Å². The molecule has 14 nitrogen and oxygen atoms in total. The van der Waals surface area contributed by atoms with Gasteiger partial charge in [0.25, 0.3) is 11.8 Å². The molecular weight excluding hydrogens is 735 g/mol. The number of carbonyl (C=O) groups excluding carboxylic acids is 4. The van der Waals surface area contributed by atoms with Crippen LogP contribution in [0.15, 0.2) is 48.8 Å². The maximum Gasteiger partial charge on any atom is 0.272 e. The first-order valence-electron chi connectivity index (χ1n) is 20.4. The molecule has 1 saturated carbocycles. The van der Waals surface area contributed by atoms with Gasteiger partial charge in [-0.3, -0.25) is 29.4 Å². The summed E-state index contributed by atoms with van der Waals surface area (Å²) in [5, 5.41) is 17.7. The van der Waals surface area contributed by atoms with Gasteiger partial charge in [0, 0.05) is 80.4 Å². The lowest BCUT2D eigenvalue weighted by atomic mass is 9.49. The number of imide groups is 1. The largest absolute Gasteiger partial charge is 0.489 e. The van der Waals surface area contributed by atoms with Gasteiger partial charge in [-0.25, -0.2) is 9.97 Å². The van der Waals surface area contributed by atoms with Gasteiger partial charge in [0.05, 0.1) is 24.0 Å². The van der Waals surface area contributed by atoms with E-state index in [0.29, 0.717) is 22.9 Å². The Kier molecular flexibility index (Phi) is 11.5. The molecule has 58 heavy (non-hydrogen) atoms. The lowest BCUT2D eigenvalue weighted by molar-refractivity contribution is -0.164. The third-order valence-corrected chi connectivity index (χ3v) is 12.7. The molecule has 0 bridgehead atoms. The van der Waals surface area contributed by atoms with Crippen molar-refractivity contribution < 1.29 is 23.9 Å². The first-order valence-corrected chi connectivity index (χ1v) is 20.4. The van der Waals surface area contributed by atoms with Crippen molar-refractivity contribution in [3.8, 4) is 11.8 Å². The lowest BCUT2D eigenvalue weighted by Gasteiger charge is -2.63. The second-order valence-corrected chi connectivity index (χ2v) is 17.6. The summed E-state index contributed by atoms with van der Waals surface area (Å²) < 4.78 is 6.54. The Morgan fingerprint density at radius 1 is 0.862 bits per heavy atom. The third-order valence-electron chi connectivity index (χ3n) is 12.7. The van der Waals surface area contributed by atoms with Gasteiger partial charge in [0.1, 0.15) is 29.4 Å². The van der Waals surface area contributed by atoms with Crippen LogP contribution in [-0.4, -0.2) is 102 Å². The maximum absolute atomic E-state index is 13.5. The summed E-state index contributed by atoms with van der Waals surface area (Å²) in [5.74, 6) is 0.669. The van der Waals surface area contributed by atoms with Gasteiger partial charge in [0.15, 0.2) is 0 Å². The Bertz CT molecular complexity index is 2040. The van der Waals surface area contributed by atoms with Crippen molar-refractivity contribution in [3.63, 3.8) is 0 Å².